The molecule has 0 spiro atoms. The summed E-state index contributed by atoms with van der Waals surface area (Å²) in [6.45, 7) is 3.56. The minimum atomic E-state index is -0.445. The molecule has 138 valence electrons. The molecule has 2 rings (SSSR count). The molecule has 0 saturated heterocycles. The average molecular weight is 392 g/mol. The lowest BCUT2D eigenvalue weighted by molar-refractivity contribution is -0.149. The van der Waals surface area contributed by atoms with Crippen LogP contribution in [-0.2, 0) is 14.3 Å². The molecule has 1 N–H and O–H groups in total. The fraction of sp³-hybridized carbons (Fsp3) is 0.300. The second-order valence-corrected chi connectivity index (χ2v) is 7.48. The Morgan fingerprint density at radius 1 is 1.15 bits per heavy atom. The summed E-state index contributed by atoms with van der Waals surface area (Å²) in [5, 5.41) is 3.35. The van der Waals surface area contributed by atoms with Gasteiger partial charge in [-0.25, -0.2) is 0 Å². The van der Waals surface area contributed by atoms with Gasteiger partial charge in [-0.1, -0.05) is 43.6 Å². The number of halogens is 1. The lowest BCUT2D eigenvalue weighted by Crippen LogP contribution is -2.26. The Bertz CT molecular complexity index is 762. The third-order valence-electron chi connectivity index (χ3n) is 3.85. The molecule has 0 heterocycles. The molecular weight excluding hydrogens is 370 g/mol. The van der Waals surface area contributed by atoms with Crippen LogP contribution in [0.25, 0.3) is 0 Å². The Kier molecular flexibility index (Phi) is 7.54. The first kappa shape index (κ1) is 20.3. The SMILES string of the molecule is CSc1cccc(NC(=O)COC(=O)[C@@H](c2ccc(Cl)cc2)C(C)C)c1. The first-order chi connectivity index (χ1) is 12.4. The predicted molar refractivity (Wildman–Crippen MR) is 107 cm³/mol. The van der Waals surface area contributed by atoms with Gasteiger partial charge in [-0.3, -0.25) is 9.59 Å². The van der Waals surface area contributed by atoms with Crippen molar-refractivity contribution < 1.29 is 14.3 Å². The highest BCUT2D eigenvalue weighted by Gasteiger charge is 2.26. The summed E-state index contributed by atoms with van der Waals surface area (Å²) in [5.41, 5.74) is 1.50. The number of hydrogen-bond acceptors (Lipinski definition) is 4. The van der Waals surface area contributed by atoms with E-state index < -0.39 is 11.9 Å². The first-order valence-electron chi connectivity index (χ1n) is 8.26. The summed E-state index contributed by atoms with van der Waals surface area (Å²) < 4.78 is 5.25. The van der Waals surface area contributed by atoms with Gasteiger partial charge in [-0.15, -0.1) is 11.8 Å². The summed E-state index contributed by atoms with van der Waals surface area (Å²) >= 11 is 7.49. The van der Waals surface area contributed by atoms with E-state index >= 15 is 0 Å². The van der Waals surface area contributed by atoms with Crippen LogP contribution in [0.5, 0.6) is 0 Å². The maximum absolute atomic E-state index is 12.5. The van der Waals surface area contributed by atoms with Gasteiger partial charge >= 0.3 is 5.97 Å². The molecule has 0 saturated carbocycles. The van der Waals surface area contributed by atoms with E-state index in [1.807, 2.05) is 50.4 Å². The molecule has 0 aliphatic rings. The molecule has 0 unspecified atom stereocenters. The zero-order valence-corrected chi connectivity index (χ0v) is 16.6. The molecule has 2 aromatic carbocycles. The fourth-order valence-corrected chi connectivity index (χ4v) is 3.17. The van der Waals surface area contributed by atoms with Gasteiger partial charge in [0.2, 0.25) is 0 Å². The summed E-state index contributed by atoms with van der Waals surface area (Å²) in [7, 11) is 0. The Hall–Kier alpha value is -1.98. The minimum absolute atomic E-state index is 0.0324. The van der Waals surface area contributed by atoms with E-state index in [1.165, 1.54) is 0 Å². The zero-order chi connectivity index (χ0) is 19.1. The number of carbonyl (C=O) groups excluding carboxylic acids is 2. The second-order valence-electron chi connectivity index (χ2n) is 6.16. The maximum Gasteiger partial charge on any atom is 0.314 e. The lowest BCUT2D eigenvalue weighted by Gasteiger charge is -2.20. The van der Waals surface area contributed by atoms with Crippen LogP contribution in [0.4, 0.5) is 5.69 Å². The van der Waals surface area contributed by atoms with Crippen LogP contribution in [0.3, 0.4) is 0 Å². The number of thioether (sulfide) groups is 1. The maximum atomic E-state index is 12.5. The Labute approximate surface area is 163 Å². The molecule has 1 atom stereocenters. The van der Waals surface area contributed by atoms with Gasteiger partial charge < -0.3 is 10.1 Å². The average Bonchev–Trinajstić information content (AvgIpc) is 2.61. The molecule has 4 nitrogen and oxygen atoms in total. The van der Waals surface area contributed by atoms with Crippen molar-refractivity contribution >= 4 is 40.9 Å². The van der Waals surface area contributed by atoms with Crippen molar-refractivity contribution in [1.29, 1.82) is 0 Å². The van der Waals surface area contributed by atoms with E-state index in [0.29, 0.717) is 10.7 Å². The standard InChI is InChI=1S/C20H22ClNO3S/c1-13(2)19(14-7-9-15(21)10-8-14)20(24)25-12-18(23)22-16-5-4-6-17(11-16)26-3/h4-11,13,19H,12H2,1-3H3,(H,22,23)/t19-/m1/s1. The lowest BCUT2D eigenvalue weighted by atomic mass is 9.88. The normalized spacial score (nSPS) is 11.9. The number of nitrogens with one attached hydrogen (secondary N) is 1. The van der Waals surface area contributed by atoms with Crippen LogP contribution in [-0.4, -0.2) is 24.7 Å². The molecule has 2 aromatic rings. The van der Waals surface area contributed by atoms with Crippen molar-refractivity contribution in [2.45, 2.75) is 24.7 Å². The van der Waals surface area contributed by atoms with Crippen molar-refractivity contribution in [2.75, 3.05) is 18.2 Å². The topological polar surface area (TPSA) is 55.4 Å². The summed E-state index contributed by atoms with van der Waals surface area (Å²) in [6.07, 6.45) is 1.96. The Morgan fingerprint density at radius 2 is 1.85 bits per heavy atom. The summed E-state index contributed by atoms with van der Waals surface area (Å²) in [4.78, 5) is 25.6. The van der Waals surface area contributed by atoms with Crippen molar-refractivity contribution in [3.8, 4) is 0 Å². The molecule has 0 fully saturated rings. The van der Waals surface area contributed by atoms with Gasteiger partial charge in [0.05, 0.1) is 5.92 Å². The van der Waals surface area contributed by atoms with E-state index in [9.17, 15) is 9.59 Å². The van der Waals surface area contributed by atoms with Crippen LogP contribution in [0.2, 0.25) is 5.02 Å². The third kappa shape index (κ3) is 5.78. The van der Waals surface area contributed by atoms with E-state index in [0.717, 1.165) is 10.5 Å². The van der Waals surface area contributed by atoms with E-state index in [-0.39, 0.29) is 18.4 Å². The van der Waals surface area contributed by atoms with Gasteiger partial charge in [-0.2, -0.15) is 0 Å². The van der Waals surface area contributed by atoms with Gasteiger partial charge in [0, 0.05) is 15.6 Å². The van der Waals surface area contributed by atoms with Crippen LogP contribution < -0.4 is 5.32 Å². The van der Waals surface area contributed by atoms with Crippen LogP contribution >= 0.6 is 23.4 Å². The van der Waals surface area contributed by atoms with Crippen molar-refractivity contribution in [2.24, 2.45) is 5.92 Å². The number of benzene rings is 2. The van der Waals surface area contributed by atoms with Gasteiger partial charge in [0.1, 0.15) is 0 Å². The van der Waals surface area contributed by atoms with Gasteiger partial charge in [-0.05, 0) is 48.1 Å². The molecule has 6 heteroatoms. The molecule has 1 amide bonds. The van der Waals surface area contributed by atoms with Gasteiger partial charge in [0.15, 0.2) is 6.61 Å². The Morgan fingerprint density at radius 3 is 2.46 bits per heavy atom. The minimum Gasteiger partial charge on any atom is -0.455 e. The molecule has 0 bridgehead atoms. The third-order valence-corrected chi connectivity index (χ3v) is 4.83. The summed E-state index contributed by atoms with van der Waals surface area (Å²) in [5.74, 6) is -1.20. The number of rotatable bonds is 7. The van der Waals surface area contributed by atoms with E-state index in [4.69, 9.17) is 16.3 Å². The number of ether oxygens (including phenoxy) is 1. The van der Waals surface area contributed by atoms with Crippen LogP contribution in [0, 0.1) is 5.92 Å². The molecule has 0 aliphatic heterocycles. The Balaban J connectivity index is 1.96. The fourth-order valence-electron chi connectivity index (χ4n) is 2.59. The number of esters is 1. The highest BCUT2D eigenvalue weighted by atomic mass is 35.5. The highest BCUT2D eigenvalue weighted by molar-refractivity contribution is 7.98. The largest absolute Gasteiger partial charge is 0.455 e. The van der Waals surface area contributed by atoms with Crippen LogP contribution in [0.1, 0.15) is 25.3 Å². The van der Waals surface area contributed by atoms with Crippen LogP contribution in [0.15, 0.2) is 53.4 Å². The quantitative estimate of drug-likeness (QED) is 0.534. The number of amides is 1. The molecule has 0 aromatic heterocycles. The smallest absolute Gasteiger partial charge is 0.314 e. The second kappa shape index (κ2) is 9.64. The zero-order valence-electron chi connectivity index (χ0n) is 15.0. The molecule has 0 aliphatic carbocycles. The molecular formula is C20H22ClNO3S. The van der Waals surface area contributed by atoms with Crippen molar-refractivity contribution in [1.82, 2.24) is 0 Å². The van der Waals surface area contributed by atoms with Crippen molar-refractivity contribution in [3.05, 3.63) is 59.1 Å². The number of hydrogen-bond donors (Lipinski definition) is 1. The molecule has 26 heavy (non-hydrogen) atoms. The first-order valence-corrected chi connectivity index (χ1v) is 9.87. The predicted octanol–water partition coefficient (Wildman–Crippen LogP) is 4.98. The van der Waals surface area contributed by atoms with E-state index in [1.54, 1.807) is 30.0 Å². The van der Waals surface area contributed by atoms with Crippen molar-refractivity contribution in [3.63, 3.8) is 0 Å². The molecule has 0 radical (unpaired) electrons. The monoisotopic (exact) mass is 391 g/mol. The van der Waals surface area contributed by atoms with Gasteiger partial charge in [0.25, 0.3) is 5.91 Å². The number of anilines is 1. The summed E-state index contributed by atoms with van der Waals surface area (Å²) in [6, 6.07) is 14.6. The number of carbonyl (C=O) groups is 2. The van der Waals surface area contributed by atoms with E-state index in [2.05, 4.69) is 5.32 Å². The highest BCUT2D eigenvalue weighted by Crippen LogP contribution is 2.27.